The SMILES string of the molecule is CC.CC.CC.CCN1CC2CCC1C2.CN1CC2CC(C1)O2. The molecular weight excluding hydrogens is 284 g/mol. The summed E-state index contributed by atoms with van der Waals surface area (Å²) in [6.07, 6.45) is 6.98. The van der Waals surface area contributed by atoms with Gasteiger partial charge in [0.05, 0.1) is 12.2 Å². The number of nitrogens with zero attached hydrogens (tertiary/aromatic N) is 2. The molecule has 4 unspecified atom stereocenters. The van der Waals surface area contributed by atoms with Gasteiger partial charge in [0.2, 0.25) is 0 Å². The Morgan fingerprint density at radius 1 is 0.826 bits per heavy atom. The first-order valence-electron chi connectivity index (χ1n) is 10.3. The van der Waals surface area contributed by atoms with Crippen molar-refractivity contribution in [2.45, 2.75) is 92.4 Å². The molecule has 1 aliphatic carbocycles. The van der Waals surface area contributed by atoms with Gasteiger partial charge in [-0.2, -0.15) is 0 Å². The highest BCUT2D eigenvalue weighted by Gasteiger charge is 2.37. The molecular formula is C20H44N2O. The number of likely N-dealkylation sites (N-methyl/N-ethyl adjacent to an activating group) is 1. The number of hydrogen-bond donors (Lipinski definition) is 0. The van der Waals surface area contributed by atoms with Crippen molar-refractivity contribution >= 4 is 0 Å². The summed E-state index contributed by atoms with van der Waals surface area (Å²) in [5.74, 6) is 1.08. The van der Waals surface area contributed by atoms with Gasteiger partial charge in [0, 0.05) is 32.1 Å². The van der Waals surface area contributed by atoms with Crippen LogP contribution in [-0.4, -0.2) is 61.3 Å². The van der Waals surface area contributed by atoms with E-state index in [2.05, 4.69) is 23.8 Å². The first-order chi connectivity index (χ1) is 11.2. The number of piperidine rings is 2. The van der Waals surface area contributed by atoms with Crippen LogP contribution >= 0.6 is 0 Å². The van der Waals surface area contributed by atoms with Crippen LogP contribution in [0, 0.1) is 5.92 Å². The Labute approximate surface area is 146 Å². The minimum Gasteiger partial charge on any atom is -0.372 e. The zero-order valence-corrected chi connectivity index (χ0v) is 17.3. The molecule has 5 rings (SSSR count). The van der Waals surface area contributed by atoms with E-state index in [0.717, 1.165) is 25.0 Å². The van der Waals surface area contributed by atoms with E-state index < -0.39 is 0 Å². The van der Waals surface area contributed by atoms with Gasteiger partial charge in [-0.15, -0.1) is 0 Å². The zero-order valence-electron chi connectivity index (χ0n) is 17.3. The van der Waals surface area contributed by atoms with Crippen molar-refractivity contribution in [2.24, 2.45) is 5.92 Å². The number of rotatable bonds is 1. The van der Waals surface area contributed by atoms with Crippen molar-refractivity contribution in [1.29, 1.82) is 0 Å². The molecule has 3 heteroatoms. The summed E-state index contributed by atoms with van der Waals surface area (Å²) in [4.78, 5) is 4.97. The third-order valence-electron chi connectivity index (χ3n) is 4.87. The van der Waals surface area contributed by atoms with Gasteiger partial charge in [0.1, 0.15) is 0 Å². The molecule has 23 heavy (non-hydrogen) atoms. The Kier molecular flexibility index (Phi) is 13.1. The number of morpholine rings is 1. The number of likely N-dealkylation sites (tertiary alicyclic amines) is 1. The zero-order chi connectivity index (χ0) is 17.8. The molecule has 4 heterocycles. The van der Waals surface area contributed by atoms with E-state index in [1.54, 1.807) is 0 Å². The normalized spacial score (nSPS) is 33.4. The first kappa shape index (κ1) is 22.9. The van der Waals surface area contributed by atoms with Crippen molar-refractivity contribution in [3.8, 4) is 0 Å². The molecule has 5 fully saturated rings. The standard InChI is InChI=1S/C8H15N.C6H11NO.3C2H6/c1-2-9-6-7-3-4-8(9)5-7;1-7-3-5-2-6(4-7)8-5;3*1-2/h7-8H,2-6H2,1H3;5-6H,2-4H2,1H3;3*1-2H3. The lowest BCUT2D eigenvalue weighted by molar-refractivity contribution is -0.175. The Balaban J connectivity index is 0.000000321. The maximum absolute atomic E-state index is 5.40. The lowest BCUT2D eigenvalue weighted by Crippen LogP contribution is -2.55. The van der Waals surface area contributed by atoms with E-state index in [4.69, 9.17) is 4.74 Å². The fourth-order valence-electron chi connectivity index (χ4n) is 3.97. The lowest BCUT2D eigenvalue weighted by atomic mass is 10.00. The average Bonchev–Trinajstić information content (AvgIpc) is 3.23. The molecule has 0 N–H and O–H groups in total. The molecule has 0 amide bonds. The van der Waals surface area contributed by atoms with Gasteiger partial charge in [-0.25, -0.2) is 0 Å². The van der Waals surface area contributed by atoms with E-state index in [1.165, 1.54) is 38.8 Å². The van der Waals surface area contributed by atoms with E-state index in [0.29, 0.717) is 12.2 Å². The molecule has 0 aromatic carbocycles. The molecule has 1 saturated carbocycles. The van der Waals surface area contributed by atoms with Gasteiger partial charge in [0.15, 0.2) is 0 Å². The van der Waals surface area contributed by atoms with Crippen LogP contribution in [0.5, 0.6) is 0 Å². The molecule has 4 bridgehead atoms. The minimum absolute atomic E-state index is 0.582. The molecule has 0 aromatic heterocycles. The van der Waals surface area contributed by atoms with E-state index in [9.17, 15) is 0 Å². The third-order valence-corrected chi connectivity index (χ3v) is 4.87. The van der Waals surface area contributed by atoms with Gasteiger partial charge in [0.25, 0.3) is 0 Å². The number of ether oxygens (including phenoxy) is 1. The second-order valence-electron chi connectivity index (χ2n) is 6.26. The molecule has 4 aliphatic heterocycles. The van der Waals surface area contributed by atoms with Crippen molar-refractivity contribution in [3.05, 3.63) is 0 Å². The highest BCUT2D eigenvalue weighted by atomic mass is 16.5. The first-order valence-corrected chi connectivity index (χ1v) is 10.3. The van der Waals surface area contributed by atoms with Crippen LogP contribution in [0.2, 0.25) is 0 Å². The summed E-state index contributed by atoms with van der Waals surface area (Å²) >= 11 is 0. The van der Waals surface area contributed by atoms with E-state index >= 15 is 0 Å². The highest BCUT2D eigenvalue weighted by Crippen LogP contribution is 2.36. The summed E-state index contributed by atoms with van der Waals surface area (Å²) in [5.41, 5.74) is 0. The van der Waals surface area contributed by atoms with Gasteiger partial charge in [-0.3, -0.25) is 0 Å². The van der Waals surface area contributed by atoms with Crippen LogP contribution in [0.4, 0.5) is 0 Å². The Morgan fingerprint density at radius 3 is 1.57 bits per heavy atom. The quantitative estimate of drug-likeness (QED) is 0.696. The number of fused-ring (bicyclic) bond motifs is 4. The lowest BCUT2D eigenvalue weighted by Gasteiger charge is -2.45. The molecule has 0 radical (unpaired) electrons. The third kappa shape index (κ3) is 7.11. The van der Waals surface area contributed by atoms with Crippen molar-refractivity contribution < 1.29 is 4.74 Å². The fourth-order valence-corrected chi connectivity index (χ4v) is 3.97. The largest absolute Gasteiger partial charge is 0.372 e. The Bertz CT molecular complexity index is 256. The maximum Gasteiger partial charge on any atom is 0.0731 e. The van der Waals surface area contributed by atoms with Crippen molar-refractivity contribution in [1.82, 2.24) is 9.80 Å². The van der Waals surface area contributed by atoms with Gasteiger partial charge in [-0.1, -0.05) is 48.5 Å². The minimum atomic E-state index is 0.582. The summed E-state index contributed by atoms with van der Waals surface area (Å²) in [7, 11) is 2.15. The fraction of sp³-hybridized carbons (Fsp3) is 1.00. The predicted molar refractivity (Wildman–Crippen MR) is 103 cm³/mol. The number of hydrogen-bond acceptors (Lipinski definition) is 3. The summed E-state index contributed by atoms with van der Waals surface area (Å²) in [6, 6.07) is 0.986. The average molecular weight is 329 g/mol. The van der Waals surface area contributed by atoms with Gasteiger partial charge < -0.3 is 14.5 Å². The van der Waals surface area contributed by atoms with Crippen LogP contribution in [0.1, 0.15) is 74.1 Å². The predicted octanol–water partition coefficient (Wildman–Crippen LogP) is 4.66. The molecule has 3 nitrogen and oxygen atoms in total. The van der Waals surface area contributed by atoms with Crippen LogP contribution in [0.25, 0.3) is 0 Å². The van der Waals surface area contributed by atoms with Crippen molar-refractivity contribution in [3.63, 3.8) is 0 Å². The van der Waals surface area contributed by atoms with Crippen LogP contribution in [-0.2, 0) is 4.74 Å². The molecule has 140 valence electrons. The summed E-state index contributed by atoms with van der Waals surface area (Å²) in [6.45, 7) is 19.3. The summed E-state index contributed by atoms with van der Waals surface area (Å²) in [5, 5.41) is 0. The molecule has 5 aliphatic rings. The van der Waals surface area contributed by atoms with Gasteiger partial charge >= 0.3 is 0 Å². The van der Waals surface area contributed by atoms with Crippen molar-refractivity contribution in [2.75, 3.05) is 33.2 Å². The summed E-state index contributed by atoms with van der Waals surface area (Å²) < 4.78 is 5.40. The second kappa shape index (κ2) is 13.2. The van der Waals surface area contributed by atoms with Crippen LogP contribution < -0.4 is 0 Å². The molecule has 4 saturated heterocycles. The Morgan fingerprint density at radius 2 is 1.35 bits per heavy atom. The smallest absolute Gasteiger partial charge is 0.0731 e. The van der Waals surface area contributed by atoms with E-state index in [-0.39, 0.29) is 0 Å². The van der Waals surface area contributed by atoms with Crippen LogP contribution in [0.3, 0.4) is 0 Å². The monoisotopic (exact) mass is 328 g/mol. The van der Waals surface area contributed by atoms with E-state index in [1.807, 2.05) is 41.5 Å². The molecule has 0 aromatic rings. The second-order valence-corrected chi connectivity index (χ2v) is 6.26. The highest BCUT2D eigenvalue weighted by molar-refractivity contribution is 4.91. The van der Waals surface area contributed by atoms with Gasteiger partial charge in [-0.05, 0) is 38.8 Å². The molecule has 0 spiro atoms. The Hall–Kier alpha value is -0.120. The maximum atomic E-state index is 5.40. The van der Waals surface area contributed by atoms with Crippen LogP contribution in [0.15, 0.2) is 0 Å². The topological polar surface area (TPSA) is 15.7 Å². The molecule has 4 atom stereocenters.